The Hall–Kier alpha value is -2.65. The normalized spacial score (nSPS) is 14.4. The third kappa shape index (κ3) is 7.02. The second kappa shape index (κ2) is 12.7. The predicted octanol–water partition coefficient (Wildman–Crippen LogP) is 7.85. The molecule has 0 spiro atoms. The Morgan fingerprint density at radius 3 is 2.46 bits per heavy atom. The summed E-state index contributed by atoms with van der Waals surface area (Å²) in [6.45, 7) is 2.87. The summed E-state index contributed by atoms with van der Waals surface area (Å²) in [5.41, 5.74) is 1.64. The van der Waals surface area contributed by atoms with Crippen molar-refractivity contribution < 1.29 is 23.8 Å². The summed E-state index contributed by atoms with van der Waals surface area (Å²) in [4.78, 5) is 26.9. The number of hydrogen-bond acceptors (Lipinski definition) is 6. The average molecular weight is 623 g/mol. The van der Waals surface area contributed by atoms with Crippen LogP contribution in [0.3, 0.4) is 0 Å². The van der Waals surface area contributed by atoms with E-state index in [0.29, 0.717) is 55.4 Å². The molecule has 0 radical (unpaired) electrons. The van der Waals surface area contributed by atoms with Gasteiger partial charge in [-0.3, -0.25) is 14.5 Å². The fraction of sp³-hybridized carbons (Fsp3) is 0.185. The molecule has 0 saturated carbocycles. The van der Waals surface area contributed by atoms with Crippen LogP contribution in [0.2, 0.25) is 10.0 Å². The van der Waals surface area contributed by atoms with Crippen LogP contribution in [0.4, 0.5) is 4.79 Å². The fourth-order valence-electron chi connectivity index (χ4n) is 3.46. The van der Waals surface area contributed by atoms with Gasteiger partial charge < -0.3 is 14.2 Å². The van der Waals surface area contributed by atoms with E-state index in [9.17, 15) is 9.59 Å². The largest absolute Gasteiger partial charge is 0.490 e. The number of carbonyl (C=O) groups excluding carboxylic acids is 2. The molecule has 0 atom stereocenters. The zero-order valence-corrected chi connectivity index (χ0v) is 23.6. The molecule has 3 aromatic rings. The minimum absolute atomic E-state index is 0.110. The van der Waals surface area contributed by atoms with Gasteiger partial charge in [0.15, 0.2) is 11.5 Å². The van der Waals surface area contributed by atoms with E-state index in [1.807, 2.05) is 25.1 Å². The van der Waals surface area contributed by atoms with Crippen molar-refractivity contribution in [3.8, 4) is 17.2 Å². The molecule has 3 aromatic carbocycles. The highest BCUT2D eigenvalue weighted by Crippen LogP contribution is 2.40. The van der Waals surface area contributed by atoms with Gasteiger partial charge in [0.05, 0.1) is 27.6 Å². The number of nitrogens with zero attached hydrogens (tertiary/aromatic N) is 1. The number of thioether (sulfide) groups is 1. The Balaban J connectivity index is 1.46. The van der Waals surface area contributed by atoms with Gasteiger partial charge >= 0.3 is 0 Å². The number of amides is 2. The van der Waals surface area contributed by atoms with Crippen LogP contribution in [0.25, 0.3) is 6.08 Å². The van der Waals surface area contributed by atoms with Crippen molar-refractivity contribution in [1.82, 2.24) is 4.90 Å². The lowest BCUT2D eigenvalue weighted by molar-refractivity contribution is -0.123. The molecule has 37 heavy (non-hydrogen) atoms. The molecular weight excluding hydrogens is 601 g/mol. The molecule has 0 aliphatic carbocycles. The minimum atomic E-state index is -0.380. The lowest BCUT2D eigenvalue weighted by atomic mass is 10.1. The van der Waals surface area contributed by atoms with Crippen molar-refractivity contribution in [2.24, 2.45) is 0 Å². The predicted molar refractivity (Wildman–Crippen MR) is 151 cm³/mol. The van der Waals surface area contributed by atoms with E-state index in [-0.39, 0.29) is 24.3 Å². The molecule has 0 aromatic heterocycles. The van der Waals surface area contributed by atoms with Crippen molar-refractivity contribution in [3.63, 3.8) is 0 Å². The van der Waals surface area contributed by atoms with E-state index in [2.05, 4.69) is 15.9 Å². The van der Waals surface area contributed by atoms with Crippen molar-refractivity contribution in [2.45, 2.75) is 13.5 Å². The van der Waals surface area contributed by atoms with Crippen molar-refractivity contribution in [1.29, 1.82) is 0 Å². The van der Waals surface area contributed by atoms with Crippen molar-refractivity contribution in [2.75, 3.05) is 19.8 Å². The van der Waals surface area contributed by atoms with Crippen LogP contribution in [0, 0.1) is 0 Å². The highest BCUT2D eigenvalue weighted by atomic mass is 79.9. The van der Waals surface area contributed by atoms with E-state index >= 15 is 0 Å². The monoisotopic (exact) mass is 621 g/mol. The molecule has 10 heteroatoms. The molecule has 0 bridgehead atoms. The maximum absolute atomic E-state index is 12.9. The summed E-state index contributed by atoms with van der Waals surface area (Å²) in [6.07, 6.45) is 1.66. The van der Waals surface area contributed by atoms with Gasteiger partial charge in [-0.1, -0.05) is 47.5 Å². The van der Waals surface area contributed by atoms with Gasteiger partial charge in [-0.15, -0.1) is 0 Å². The average Bonchev–Trinajstić information content (AvgIpc) is 3.13. The van der Waals surface area contributed by atoms with Crippen LogP contribution in [0.15, 0.2) is 70.0 Å². The third-order valence-corrected chi connectivity index (χ3v) is 7.27. The van der Waals surface area contributed by atoms with Gasteiger partial charge in [0, 0.05) is 5.02 Å². The standard InChI is InChI=1S/C27H22BrCl2NO5S/c1-2-34-23-14-18(13-20(28)25(23)36-16-17-7-9-19(29)10-8-17)15-24-26(32)31(27(33)37-24)11-12-35-22-6-4-3-5-21(22)30/h3-10,13-15H,2,11-12,16H2,1H3/b24-15-. The summed E-state index contributed by atoms with van der Waals surface area (Å²) in [6, 6.07) is 18.0. The third-order valence-electron chi connectivity index (χ3n) is 5.21. The topological polar surface area (TPSA) is 65.1 Å². The first-order valence-corrected chi connectivity index (χ1v) is 13.7. The number of hydrogen-bond donors (Lipinski definition) is 0. The molecule has 1 fully saturated rings. The van der Waals surface area contributed by atoms with E-state index in [4.69, 9.17) is 37.4 Å². The maximum atomic E-state index is 12.9. The van der Waals surface area contributed by atoms with Gasteiger partial charge in [0.1, 0.15) is 19.0 Å². The van der Waals surface area contributed by atoms with Gasteiger partial charge in [-0.2, -0.15) is 0 Å². The van der Waals surface area contributed by atoms with E-state index in [1.165, 1.54) is 0 Å². The molecule has 4 rings (SSSR count). The van der Waals surface area contributed by atoms with Crippen LogP contribution >= 0.6 is 50.9 Å². The molecule has 0 N–H and O–H groups in total. The highest BCUT2D eigenvalue weighted by Gasteiger charge is 2.35. The summed E-state index contributed by atoms with van der Waals surface area (Å²) < 4.78 is 18.1. The van der Waals surface area contributed by atoms with Crippen molar-refractivity contribution in [3.05, 3.63) is 91.2 Å². The Kier molecular flexibility index (Phi) is 9.43. The molecule has 1 aliphatic heterocycles. The molecule has 192 valence electrons. The molecule has 2 amide bonds. The molecule has 1 saturated heterocycles. The molecule has 1 aliphatic rings. The summed E-state index contributed by atoms with van der Waals surface area (Å²) >= 11 is 16.5. The van der Waals surface area contributed by atoms with Crippen LogP contribution in [-0.4, -0.2) is 35.8 Å². The number of para-hydroxylation sites is 1. The second-order valence-corrected chi connectivity index (χ2v) is 10.5. The fourth-order valence-corrected chi connectivity index (χ4v) is 5.22. The Bertz CT molecular complexity index is 1330. The molecule has 0 unspecified atom stereocenters. The van der Waals surface area contributed by atoms with Crippen LogP contribution < -0.4 is 14.2 Å². The first kappa shape index (κ1) is 27.4. The van der Waals surface area contributed by atoms with Crippen LogP contribution in [0.1, 0.15) is 18.1 Å². The number of imide groups is 1. The molecule has 6 nitrogen and oxygen atoms in total. The summed E-state index contributed by atoms with van der Waals surface area (Å²) in [5.74, 6) is 1.18. The smallest absolute Gasteiger partial charge is 0.293 e. The van der Waals surface area contributed by atoms with E-state index in [0.717, 1.165) is 22.2 Å². The quantitative estimate of drug-likeness (QED) is 0.215. The highest BCUT2D eigenvalue weighted by molar-refractivity contribution is 9.10. The number of benzene rings is 3. The Labute approximate surface area is 237 Å². The zero-order chi connectivity index (χ0) is 26.4. The van der Waals surface area contributed by atoms with Crippen LogP contribution in [-0.2, 0) is 11.4 Å². The molecular formula is C27H22BrCl2NO5S. The van der Waals surface area contributed by atoms with Gasteiger partial charge in [-0.25, -0.2) is 0 Å². The van der Waals surface area contributed by atoms with Gasteiger partial charge in [0.25, 0.3) is 11.1 Å². The Morgan fingerprint density at radius 2 is 1.73 bits per heavy atom. The van der Waals surface area contributed by atoms with Crippen LogP contribution in [0.5, 0.6) is 17.2 Å². The molecule has 1 heterocycles. The Morgan fingerprint density at radius 1 is 0.973 bits per heavy atom. The first-order chi connectivity index (χ1) is 17.9. The first-order valence-electron chi connectivity index (χ1n) is 11.3. The second-order valence-electron chi connectivity index (χ2n) is 7.79. The lowest BCUT2D eigenvalue weighted by Gasteiger charge is -2.15. The van der Waals surface area contributed by atoms with Gasteiger partial charge in [-0.05, 0) is 88.2 Å². The van der Waals surface area contributed by atoms with Crippen molar-refractivity contribution >= 4 is 68.1 Å². The maximum Gasteiger partial charge on any atom is 0.293 e. The van der Waals surface area contributed by atoms with E-state index < -0.39 is 0 Å². The SMILES string of the molecule is CCOc1cc(/C=C2\SC(=O)N(CCOc3ccccc3Cl)C2=O)cc(Br)c1OCc1ccc(Cl)cc1. The summed E-state index contributed by atoms with van der Waals surface area (Å²) in [7, 11) is 0. The lowest BCUT2D eigenvalue weighted by Crippen LogP contribution is -2.32. The summed E-state index contributed by atoms with van der Waals surface area (Å²) in [5, 5.41) is 0.764. The zero-order valence-electron chi connectivity index (χ0n) is 19.7. The number of ether oxygens (including phenoxy) is 3. The van der Waals surface area contributed by atoms with Gasteiger partial charge in [0.2, 0.25) is 0 Å². The number of halogens is 3. The number of rotatable bonds is 10. The van der Waals surface area contributed by atoms with E-state index in [1.54, 1.807) is 48.5 Å². The minimum Gasteiger partial charge on any atom is -0.490 e. The number of carbonyl (C=O) groups is 2.